The van der Waals surface area contributed by atoms with Crippen molar-refractivity contribution in [3.8, 4) is 0 Å². The number of fused-ring (bicyclic) bond motifs is 1. The quantitative estimate of drug-likeness (QED) is 0.767. The standard InChI is InChI=1S/C20H23N5O/c26-19(22-13-18-14-23-25-10-4-9-21-20(18)25)15-24-11-7-17(8-12-24)16-5-2-1-3-6-16/h1-6,9-10,14,17H,7-8,11-13,15H2,(H,22,26). The fraction of sp³-hybridized carbons (Fsp3) is 0.350. The average molecular weight is 349 g/mol. The molecule has 1 aromatic carbocycles. The third-order valence-electron chi connectivity index (χ3n) is 5.05. The Balaban J connectivity index is 1.25. The molecule has 1 aliphatic rings. The molecule has 1 amide bonds. The first kappa shape index (κ1) is 16.7. The van der Waals surface area contributed by atoms with Crippen LogP contribution in [-0.2, 0) is 11.3 Å². The van der Waals surface area contributed by atoms with Crippen LogP contribution in [0.3, 0.4) is 0 Å². The van der Waals surface area contributed by atoms with Crippen LogP contribution >= 0.6 is 0 Å². The zero-order chi connectivity index (χ0) is 17.8. The van der Waals surface area contributed by atoms with E-state index >= 15 is 0 Å². The highest BCUT2D eigenvalue weighted by Crippen LogP contribution is 2.27. The van der Waals surface area contributed by atoms with Crippen LogP contribution in [-0.4, -0.2) is 45.0 Å². The van der Waals surface area contributed by atoms with E-state index < -0.39 is 0 Å². The normalized spacial score (nSPS) is 16.0. The van der Waals surface area contributed by atoms with Crippen LogP contribution in [0.25, 0.3) is 5.65 Å². The molecule has 0 spiro atoms. The van der Waals surface area contributed by atoms with Crippen LogP contribution in [0.2, 0.25) is 0 Å². The van der Waals surface area contributed by atoms with Gasteiger partial charge in [0, 0.05) is 24.5 Å². The Morgan fingerprint density at radius 3 is 2.77 bits per heavy atom. The van der Waals surface area contributed by atoms with Gasteiger partial charge in [-0.1, -0.05) is 30.3 Å². The molecule has 1 fully saturated rings. The number of aromatic nitrogens is 3. The van der Waals surface area contributed by atoms with E-state index in [4.69, 9.17) is 0 Å². The SMILES string of the molecule is O=C(CN1CCC(c2ccccc2)CC1)NCc1cnn2cccnc12. The molecule has 4 rings (SSSR count). The van der Waals surface area contributed by atoms with Crippen molar-refractivity contribution >= 4 is 11.6 Å². The molecule has 26 heavy (non-hydrogen) atoms. The first-order valence-corrected chi connectivity index (χ1v) is 9.11. The topological polar surface area (TPSA) is 62.5 Å². The average Bonchev–Trinajstić information content (AvgIpc) is 3.11. The van der Waals surface area contributed by atoms with E-state index in [-0.39, 0.29) is 5.91 Å². The van der Waals surface area contributed by atoms with E-state index in [9.17, 15) is 4.79 Å². The third kappa shape index (κ3) is 3.75. The van der Waals surface area contributed by atoms with Crippen LogP contribution in [0, 0.1) is 0 Å². The van der Waals surface area contributed by atoms with Gasteiger partial charge in [-0.15, -0.1) is 0 Å². The molecule has 0 bridgehead atoms. The number of piperidine rings is 1. The van der Waals surface area contributed by atoms with Crippen LogP contribution in [0.1, 0.15) is 29.9 Å². The van der Waals surface area contributed by atoms with Crippen molar-refractivity contribution in [1.29, 1.82) is 0 Å². The fourth-order valence-electron chi connectivity index (χ4n) is 3.60. The van der Waals surface area contributed by atoms with Crippen molar-refractivity contribution in [2.45, 2.75) is 25.3 Å². The summed E-state index contributed by atoms with van der Waals surface area (Å²) in [6.45, 7) is 2.84. The summed E-state index contributed by atoms with van der Waals surface area (Å²) in [6, 6.07) is 12.5. The lowest BCUT2D eigenvalue weighted by atomic mass is 9.89. The minimum absolute atomic E-state index is 0.0541. The van der Waals surface area contributed by atoms with Crippen molar-refractivity contribution in [3.05, 3.63) is 66.1 Å². The van der Waals surface area contributed by atoms with Crippen molar-refractivity contribution in [2.24, 2.45) is 0 Å². The number of hydrogen-bond acceptors (Lipinski definition) is 4. The van der Waals surface area contributed by atoms with Crippen LogP contribution in [0.4, 0.5) is 0 Å². The number of rotatable bonds is 5. The Kier molecular flexibility index (Phi) is 4.93. The summed E-state index contributed by atoms with van der Waals surface area (Å²) in [7, 11) is 0. The number of nitrogens with zero attached hydrogens (tertiary/aromatic N) is 4. The second kappa shape index (κ2) is 7.66. The molecule has 0 saturated carbocycles. The number of benzene rings is 1. The molecular weight excluding hydrogens is 326 g/mol. The van der Waals surface area contributed by atoms with Crippen LogP contribution < -0.4 is 5.32 Å². The molecule has 134 valence electrons. The van der Waals surface area contributed by atoms with E-state index in [1.807, 2.05) is 12.3 Å². The predicted octanol–water partition coefficient (Wildman–Crippen LogP) is 2.23. The lowest BCUT2D eigenvalue weighted by Gasteiger charge is -2.31. The first-order chi connectivity index (χ1) is 12.8. The fourth-order valence-corrected chi connectivity index (χ4v) is 3.60. The van der Waals surface area contributed by atoms with E-state index in [0.717, 1.165) is 37.1 Å². The molecule has 3 heterocycles. The summed E-state index contributed by atoms with van der Waals surface area (Å²) in [4.78, 5) is 18.8. The Labute approximate surface area is 152 Å². The van der Waals surface area contributed by atoms with Crippen molar-refractivity contribution < 1.29 is 4.79 Å². The lowest BCUT2D eigenvalue weighted by molar-refractivity contribution is -0.122. The van der Waals surface area contributed by atoms with Gasteiger partial charge >= 0.3 is 0 Å². The van der Waals surface area contributed by atoms with Crippen molar-refractivity contribution in [1.82, 2.24) is 24.8 Å². The minimum atomic E-state index is 0.0541. The maximum Gasteiger partial charge on any atom is 0.234 e. The smallest absolute Gasteiger partial charge is 0.234 e. The Morgan fingerprint density at radius 1 is 1.15 bits per heavy atom. The van der Waals surface area contributed by atoms with Gasteiger partial charge in [-0.2, -0.15) is 5.10 Å². The Hall–Kier alpha value is -2.73. The second-order valence-corrected chi connectivity index (χ2v) is 6.80. The van der Waals surface area contributed by atoms with Crippen molar-refractivity contribution in [3.63, 3.8) is 0 Å². The molecule has 0 atom stereocenters. The predicted molar refractivity (Wildman–Crippen MR) is 99.7 cm³/mol. The van der Waals surface area contributed by atoms with E-state index in [1.165, 1.54) is 5.56 Å². The highest BCUT2D eigenvalue weighted by molar-refractivity contribution is 5.78. The minimum Gasteiger partial charge on any atom is -0.351 e. The van der Waals surface area contributed by atoms with Gasteiger partial charge in [0.2, 0.25) is 5.91 Å². The maximum atomic E-state index is 12.3. The summed E-state index contributed by atoms with van der Waals surface area (Å²) in [5.74, 6) is 0.666. The van der Waals surface area contributed by atoms with E-state index in [1.54, 1.807) is 16.9 Å². The van der Waals surface area contributed by atoms with Gasteiger partial charge in [-0.05, 0) is 43.5 Å². The highest BCUT2D eigenvalue weighted by Gasteiger charge is 2.21. The first-order valence-electron chi connectivity index (χ1n) is 9.11. The molecule has 6 nitrogen and oxygen atoms in total. The van der Waals surface area contributed by atoms with Gasteiger partial charge in [0.05, 0.1) is 12.7 Å². The van der Waals surface area contributed by atoms with Crippen molar-refractivity contribution in [2.75, 3.05) is 19.6 Å². The van der Waals surface area contributed by atoms with Gasteiger partial charge in [-0.3, -0.25) is 9.69 Å². The second-order valence-electron chi connectivity index (χ2n) is 6.80. The number of amides is 1. The summed E-state index contributed by atoms with van der Waals surface area (Å²) >= 11 is 0. The Bertz CT molecular complexity index is 868. The van der Waals surface area contributed by atoms with Gasteiger partial charge in [-0.25, -0.2) is 9.50 Å². The highest BCUT2D eigenvalue weighted by atomic mass is 16.2. The number of nitrogens with one attached hydrogen (secondary N) is 1. The molecule has 1 saturated heterocycles. The lowest BCUT2D eigenvalue weighted by Crippen LogP contribution is -2.41. The summed E-state index contributed by atoms with van der Waals surface area (Å²) < 4.78 is 1.72. The summed E-state index contributed by atoms with van der Waals surface area (Å²) in [5, 5.41) is 7.24. The third-order valence-corrected chi connectivity index (χ3v) is 5.05. The largest absolute Gasteiger partial charge is 0.351 e. The number of carbonyl (C=O) groups excluding carboxylic acids is 1. The molecule has 1 aliphatic heterocycles. The van der Waals surface area contributed by atoms with Gasteiger partial charge in [0.1, 0.15) is 0 Å². The van der Waals surface area contributed by atoms with E-state index in [0.29, 0.717) is 19.0 Å². The maximum absolute atomic E-state index is 12.3. The molecule has 0 radical (unpaired) electrons. The molecule has 1 N–H and O–H groups in total. The monoisotopic (exact) mass is 349 g/mol. The number of likely N-dealkylation sites (tertiary alicyclic amines) is 1. The molecule has 6 heteroatoms. The Morgan fingerprint density at radius 2 is 1.96 bits per heavy atom. The van der Waals surface area contributed by atoms with Gasteiger partial charge < -0.3 is 5.32 Å². The number of hydrogen-bond donors (Lipinski definition) is 1. The molecule has 0 unspecified atom stereocenters. The van der Waals surface area contributed by atoms with Gasteiger partial charge in [0.15, 0.2) is 5.65 Å². The summed E-state index contributed by atoms with van der Waals surface area (Å²) in [6.07, 6.45) is 7.56. The number of carbonyl (C=O) groups is 1. The molecule has 3 aromatic rings. The summed E-state index contributed by atoms with van der Waals surface area (Å²) in [5.41, 5.74) is 3.13. The van der Waals surface area contributed by atoms with E-state index in [2.05, 4.69) is 50.6 Å². The molecule has 2 aromatic heterocycles. The zero-order valence-corrected chi connectivity index (χ0v) is 14.7. The molecule has 0 aliphatic carbocycles. The molecular formula is C20H23N5O. The van der Waals surface area contributed by atoms with Crippen LogP contribution in [0.5, 0.6) is 0 Å². The van der Waals surface area contributed by atoms with Gasteiger partial charge in [0.25, 0.3) is 0 Å². The zero-order valence-electron chi connectivity index (χ0n) is 14.7. The van der Waals surface area contributed by atoms with Crippen LogP contribution in [0.15, 0.2) is 55.0 Å².